The second-order valence-corrected chi connectivity index (χ2v) is 5.59. The zero-order chi connectivity index (χ0) is 14.1. The van der Waals surface area contributed by atoms with Crippen LogP contribution in [0.1, 0.15) is 5.56 Å². The van der Waals surface area contributed by atoms with Gasteiger partial charge in [0, 0.05) is 27.4 Å². The van der Waals surface area contributed by atoms with Crippen LogP contribution in [0, 0.1) is 6.92 Å². The Morgan fingerprint density at radius 2 is 1.85 bits per heavy atom. The number of para-hydroxylation sites is 1. The summed E-state index contributed by atoms with van der Waals surface area (Å²) in [5.41, 5.74) is 10.7. The van der Waals surface area contributed by atoms with E-state index in [9.17, 15) is 0 Å². The van der Waals surface area contributed by atoms with E-state index in [0.717, 1.165) is 38.0 Å². The van der Waals surface area contributed by atoms with Crippen LogP contribution in [-0.2, 0) is 0 Å². The maximum Gasteiger partial charge on any atom is 0.0937 e. The van der Waals surface area contributed by atoms with E-state index in [4.69, 9.17) is 5.73 Å². The van der Waals surface area contributed by atoms with Crippen LogP contribution in [0.5, 0.6) is 0 Å². The summed E-state index contributed by atoms with van der Waals surface area (Å²) in [6.07, 6.45) is 1.81. The van der Waals surface area contributed by atoms with E-state index < -0.39 is 0 Å². The Balaban J connectivity index is 2.09. The molecule has 1 heterocycles. The molecule has 1 aromatic heterocycles. The first kappa shape index (κ1) is 12.9. The van der Waals surface area contributed by atoms with Crippen LogP contribution in [0.15, 0.2) is 53.1 Å². The van der Waals surface area contributed by atoms with Gasteiger partial charge < -0.3 is 11.1 Å². The SMILES string of the molecule is Cc1c(N)cccc1Nc1cccc2cc(Br)cnc12. The maximum atomic E-state index is 5.94. The molecule has 0 saturated carbocycles. The summed E-state index contributed by atoms with van der Waals surface area (Å²) in [7, 11) is 0. The predicted octanol–water partition coefficient (Wildman–Crippen LogP) is 4.63. The average molecular weight is 328 g/mol. The van der Waals surface area contributed by atoms with E-state index in [1.807, 2.05) is 43.3 Å². The van der Waals surface area contributed by atoms with Crippen molar-refractivity contribution in [3.8, 4) is 0 Å². The molecule has 100 valence electrons. The molecule has 0 unspecified atom stereocenters. The number of nitrogens with two attached hydrogens (primary N) is 1. The molecule has 2 aromatic carbocycles. The fourth-order valence-corrected chi connectivity index (χ4v) is 2.52. The van der Waals surface area contributed by atoms with Crippen LogP contribution in [-0.4, -0.2) is 4.98 Å². The van der Waals surface area contributed by atoms with Crippen molar-refractivity contribution in [2.24, 2.45) is 0 Å². The van der Waals surface area contributed by atoms with Gasteiger partial charge in [-0.3, -0.25) is 4.98 Å². The summed E-state index contributed by atoms with van der Waals surface area (Å²) < 4.78 is 0.974. The molecule has 0 aliphatic rings. The molecular formula is C16H14BrN3. The highest BCUT2D eigenvalue weighted by Crippen LogP contribution is 2.29. The Hall–Kier alpha value is -2.07. The minimum absolute atomic E-state index is 0.783. The molecular weight excluding hydrogens is 314 g/mol. The number of halogens is 1. The lowest BCUT2D eigenvalue weighted by molar-refractivity contribution is 1.37. The highest BCUT2D eigenvalue weighted by molar-refractivity contribution is 9.10. The van der Waals surface area contributed by atoms with Gasteiger partial charge in [-0.05, 0) is 52.7 Å². The summed E-state index contributed by atoms with van der Waals surface area (Å²) in [5.74, 6) is 0. The molecule has 3 nitrogen and oxygen atoms in total. The van der Waals surface area contributed by atoms with Gasteiger partial charge in [0.2, 0.25) is 0 Å². The largest absolute Gasteiger partial charge is 0.398 e. The number of fused-ring (bicyclic) bond motifs is 1. The minimum atomic E-state index is 0.783. The van der Waals surface area contributed by atoms with Crippen molar-refractivity contribution in [3.05, 3.63) is 58.7 Å². The van der Waals surface area contributed by atoms with E-state index >= 15 is 0 Å². The Kier molecular flexibility index (Phi) is 3.32. The molecule has 0 saturated heterocycles. The molecule has 0 amide bonds. The third-order valence-electron chi connectivity index (χ3n) is 3.32. The average Bonchev–Trinajstić information content (AvgIpc) is 2.44. The summed E-state index contributed by atoms with van der Waals surface area (Å²) >= 11 is 3.45. The van der Waals surface area contributed by atoms with E-state index in [-0.39, 0.29) is 0 Å². The molecule has 0 aliphatic heterocycles. The van der Waals surface area contributed by atoms with Gasteiger partial charge in [0.1, 0.15) is 0 Å². The Morgan fingerprint density at radius 1 is 1.10 bits per heavy atom. The van der Waals surface area contributed by atoms with E-state index in [0.29, 0.717) is 0 Å². The van der Waals surface area contributed by atoms with Gasteiger partial charge in [0.15, 0.2) is 0 Å². The highest BCUT2D eigenvalue weighted by Gasteiger charge is 2.06. The Morgan fingerprint density at radius 3 is 2.70 bits per heavy atom. The number of benzene rings is 2. The number of nitrogen functional groups attached to an aromatic ring is 1. The standard InChI is InChI=1S/C16H14BrN3/c1-10-13(18)5-3-6-14(10)20-15-7-2-4-11-8-12(17)9-19-16(11)15/h2-9,20H,18H2,1H3. The van der Waals surface area contributed by atoms with Crippen LogP contribution in [0.25, 0.3) is 10.9 Å². The molecule has 0 radical (unpaired) electrons. The highest BCUT2D eigenvalue weighted by atomic mass is 79.9. The van der Waals surface area contributed by atoms with Crippen molar-refractivity contribution >= 4 is 43.9 Å². The van der Waals surface area contributed by atoms with E-state index in [1.165, 1.54) is 0 Å². The molecule has 0 spiro atoms. The number of nitrogens with one attached hydrogen (secondary N) is 1. The Labute approximate surface area is 126 Å². The lowest BCUT2D eigenvalue weighted by Crippen LogP contribution is -1.98. The first-order valence-electron chi connectivity index (χ1n) is 6.31. The third-order valence-corrected chi connectivity index (χ3v) is 3.76. The van der Waals surface area contributed by atoms with Gasteiger partial charge in [0.25, 0.3) is 0 Å². The quantitative estimate of drug-likeness (QED) is 0.674. The second kappa shape index (κ2) is 5.13. The van der Waals surface area contributed by atoms with Gasteiger partial charge in [-0.2, -0.15) is 0 Å². The van der Waals surface area contributed by atoms with Gasteiger partial charge >= 0.3 is 0 Å². The maximum absolute atomic E-state index is 5.94. The molecule has 0 fully saturated rings. The monoisotopic (exact) mass is 327 g/mol. The lowest BCUT2D eigenvalue weighted by atomic mass is 10.1. The van der Waals surface area contributed by atoms with Crippen LogP contribution < -0.4 is 11.1 Å². The number of aromatic nitrogens is 1. The zero-order valence-corrected chi connectivity index (χ0v) is 12.6. The molecule has 3 aromatic rings. The fraction of sp³-hybridized carbons (Fsp3) is 0.0625. The number of anilines is 3. The number of hydrogen-bond donors (Lipinski definition) is 2. The van der Waals surface area contributed by atoms with Crippen molar-refractivity contribution in [1.29, 1.82) is 0 Å². The molecule has 0 bridgehead atoms. The van der Waals surface area contributed by atoms with E-state index in [2.05, 4.69) is 32.3 Å². The van der Waals surface area contributed by atoms with Crippen molar-refractivity contribution in [1.82, 2.24) is 4.98 Å². The second-order valence-electron chi connectivity index (χ2n) is 4.68. The topological polar surface area (TPSA) is 50.9 Å². The van der Waals surface area contributed by atoms with E-state index in [1.54, 1.807) is 6.20 Å². The normalized spacial score (nSPS) is 10.7. The summed E-state index contributed by atoms with van der Waals surface area (Å²) in [4.78, 5) is 4.49. The molecule has 3 rings (SSSR count). The third kappa shape index (κ3) is 2.34. The van der Waals surface area contributed by atoms with Crippen LogP contribution in [0.3, 0.4) is 0 Å². The summed E-state index contributed by atoms with van der Waals surface area (Å²) in [6.45, 7) is 2.01. The molecule has 0 aliphatic carbocycles. The first-order chi connectivity index (χ1) is 9.65. The predicted molar refractivity (Wildman–Crippen MR) is 88.3 cm³/mol. The minimum Gasteiger partial charge on any atom is -0.398 e. The van der Waals surface area contributed by atoms with Gasteiger partial charge in [-0.25, -0.2) is 0 Å². The van der Waals surface area contributed by atoms with Crippen molar-refractivity contribution in [2.45, 2.75) is 6.92 Å². The van der Waals surface area contributed by atoms with Crippen molar-refractivity contribution < 1.29 is 0 Å². The lowest BCUT2D eigenvalue weighted by Gasteiger charge is -2.13. The Bertz CT molecular complexity index is 784. The summed E-state index contributed by atoms with van der Waals surface area (Å²) in [6, 6.07) is 14.0. The fourth-order valence-electron chi connectivity index (χ4n) is 2.17. The molecule has 20 heavy (non-hydrogen) atoms. The van der Waals surface area contributed by atoms with Gasteiger partial charge in [-0.15, -0.1) is 0 Å². The summed E-state index contributed by atoms with van der Waals surface area (Å²) in [5, 5.41) is 4.51. The van der Waals surface area contributed by atoms with Gasteiger partial charge in [0.05, 0.1) is 11.2 Å². The first-order valence-corrected chi connectivity index (χ1v) is 7.11. The molecule has 4 heteroatoms. The van der Waals surface area contributed by atoms with Crippen molar-refractivity contribution in [2.75, 3.05) is 11.1 Å². The smallest absolute Gasteiger partial charge is 0.0937 e. The zero-order valence-electron chi connectivity index (χ0n) is 11.0. The number of rotatable bonds is 2. The number of pyridine rings is 1. The van der Waals surface area contributed by atoms with Crippen LogP contribution in [0.4, 0.5) is 17.1 Å². The number of nitrogens with zero attached hydrogens (tertiary/aromatic N) is 1. The molecule has 3 N–H and O–H groups in total. The number of hydrogen-bond acceptors (Lipinski definition) is 3. The van der Waals surface area contributed by atoms with Crippen LogP contribution >= 0.6 is 15.9 Å². The van der Waals surface area contributed by atoms with Gasteiger partial charge in [-0.1, -0.05) is 18.2 Å². The molecule has 0 atom stereocenters. The van der Waals surface area contributed by atoms with Crippen LogP contribution in [0.2, 0.25) is 0 Å². The van der Waals surface area contributed by atoms with Crippen molar-refractivity contribution in [3.63, 3.8) is 0 Å².